The molecule has 0 fully saturated rings. The molecule has 2 rings (SSSR count). The van der Waals surface area contributed by atoms with Crippen molar-refractivity contribution in [2.45, 2.75) is 27.3 Å². The van der Waals surface area contributed by atoms with Gasteiger partial charge in [0.05, 0.1) is 4.88 Å². The Labute approximate surface area is 113 Å². The number of nitrogens with one attached hydrogen (secondary N) is 1. The van der Waals surface area contributed by atoms with E-state index < -0.39 is 0 Å². The van der Waals surface area contributed by atoms with E-state index in [2.05, 4.69) is 49.5 Å². The summed E-state index contributed by atoms with van der Waals surface area (Å²) in [6, 6.07) is 4.31. The highest BCUT2D eigenvalue weighted by molar-refractivity contribution is 7.15. The Morgan fingerprint density at radius 1 is 1.39 bits per heavy atom. The van der Waals surface area contributed by atoms with Crippen molar-refractivity contribution in [2.75, 3.05) is 6.54 Å². The Kier molecular flexibility index (Phi) is 4.19. The molecule has 0 saturated carbocycles. The highest BCUT2D eigenvalue weighted by atomic mass is 32.1. The van der Waals surface area contributed by atoms with Crippen molar-refractivity contribution in [2.24, 2.45) is 13.0 Å². The van der Waals surface area contributed by atoms with Crippen LogP contribution in [0.4, 0.5) is 0 Å². The minimum atomic E-state index is 0.675. The van der Waals surface area contributed by atoms with Crippen molar-refractivity contribution in [1.29, 1.82) is 0 Å². The van der Waals surface area contributed by atoms with Crippen molar-refractivity contribution in [3.05, 3.63) is 28.8 Å². The Bertz CT molecular complexity index is 511. The third kappa shape index (κ3) is 3.21. The van der Waals surface area contributed by atoms with Gasteiger partial charge in [-0.3, -0.25) is 4.68 Å². The van der Waals surface area contributed by atoms with Crippen LogP contribution in [-0.4, -0.2) is 16.3 Å². The Morgan fingerprint density at radius 2 is 2.17 bits per heavy atom. The zero-order valence-electron chi connectivity index (χ0n) is 11.5. The molecule has 0 bridgehead atoms. The van der Waals surface area contributed by atoms with Gasteiger partial charge >= 0.3 is 0 Å². The van der Waals surface area contributed by atoms with Crippen LogP contribution in [0.25, 0.3) is 10.6 Å². The SMILES string of the molecule is Cc1ccc(-c2nn(C)cc2CNCC(C)C)s1. The van der Waals surface area contributed by atoms with Gasteiger partial charge in [-0.25, -0.2) is 0 Å². The maximum Gasteiger partial charge on any atom is 0.107 e. The minimum absolute atomic E-state index is 0.675. The van der Waals surface area contributed by atoms with Crippen LogP contribution in [0.2, 0.25) is 0 Å². The summed E-state index contributed by atoms with van der Waals surface area (Å²) in [5.74, 6) is 0.675. The van der Waals surface area contributed by atoms with E-state index in [0.29, 0.717) is 5.92 Å². The second kappa shape index (κ2) is 5.67. The predicted octanol–water partition coefficient (Wildman–Crippen LogP) is 3.20. The van der Waals surface area contributed by atoms with E-state index in [1.807, 2.05) is 11.7 Å². The summed E-state index contributed by atoms with van der Waals surface area (Å²) in [4.78, 5) is 2.59. The molecule has 0 saturated heterocycles. The number of hydrogen-bond donors (Lipinski definition) is 1. The van der Waals surface area contributed by atoms with Crippen molar-refractivity contribution in [1.82, 2.24) is 15.1 Å². The topological polar surface area (TPSA) is 29.9 Å². The van der Waals surface area contributed by atoms with Crippen LogP contribution >= 0.6 is 11.3 Å². The molecule has 4 heteroatoms. The molecule has 0 aromatic carbocycles. The lowest BCUT2D eigenvalue weighted by Gasteiger charge is -2.06. The molecule has 0 unspecified atom stereocenters. The van der Waals surface area contributed by atoms with Crippen LogP contribution in [0, 0.1) is 12.8 Å². The van der Waals surface area contributed by atoms with Crippen molar-refractivity contribution < 1.29 is 0 Å². The smallest absolute Gasteiger partial charge is 0.107 e. The van der Waals surface area contributed by atoms with E-state index in [1.165, 1.54) is 15.3 Å². The summed E-state index contributed by atoms with van der Waals surface area (Å²) in [5.41, 5.74) is 2.40. The van der Waals surface area contributed by atoms with Gasteiger partial charge in [0.1, 0.15) is 5.69 Å². The van der Waals surface area contributed by atoms with E-state index in [1.54, 1.807) is 11.3 Å². The minimum Gasteiger partial charge on any atom is -0.312 e. The van der Waals surface area contributed by atoms with Gasteiger partial charge < -0.3 is 5.32 Å². The first-order valence-corrected chi connectivity index (χ1v) is 7.18. The summed E-state index contributed by atoms with van der Waals surface area (Å²) in [6.45, 7) is 8.50. The third-order valence-corrected chi connectivity index (χ3v) is 3.75. The predicted molar refractivity (Wildman–Crippen MR) is 77.8 cm³/mol. The molecule has 3 nitrogen and oxygen atoms in total. The van der Waals surface area contributed by atoms with Crippen LogP contribution in [-0.2, 0) is 13.6 Å². The molecule has 0 aliphatic heterocycles. The Hall–Kier alpha value is -1.13. The number of thiophene rings is 1. The Morgan fingerprint density at radius 3 is 2.78 bits per heavy atom. The molecule has 2 heterocycles. The number of rotatable bonds is 5. The van der Waals surface area contributed by atoms with E-state index in [-0.39, 0.29) is 0 Å². The maximum atomic E-state index is 4.58. The van der Waals surface area contributed by atoms with E-state index in [0.717, 1.165) is 18.8 Å². The van der Waals surface area contributed by atoms with E-state index in [4.69, 9.17) is 0 Å². The van der Waals surface area contributed by atoms with Crippen LogP contribution in [0.5, 0.6) is 0 Å². The highest BCUT2D eigenvalue weighted by Crippen LogP contribution is 2.28. The zero-order chi connectivity index (χ0) is 13.1. The summed E-state index contributed by atoms with van der Waals surface area (Å²) < 4.78 is 1.90. The fraction of sp³-hybridized carbons (Fsp3) is 0.500. The van der Waals surface area contributed by atoms with Crippen LogP contribution in [0.15, 0.2) is 18.3 Å². The van der Waals surface area contributed by atoms with Crippen molar-refractivity contribution >= 4 is 11.3 Å². The van der Waals surface area contributed by atoms with Crippen LogP contribution in [0.1, 0.15) is 24.3 Å². The lowest BCUT2D eigenvalue weighted by atomic mass is 10.2. The molecule has 2 aromatic rings. The number of hydrogen-bond acceptors (Lipinski definition) is 3. The van der Waals surface area contributed by atoms with E-state index >= 15 is 0 Å². The summed E-state index contributed by atoms with van der Waals surface area (Å²) in [7, 11) is 1.98. The molecule has 18 heavy (non-hydrogen) atoms. The first-order chi connectivity index (χ1) is 8.56. The van der Waals surface area contributed by atoms with Gasteiger partial charge in [-0.2, -0.15) is 5.10 Å². The molecule has 2 aromatic heterocycles. The standard InChI is InChI=1S/C14H21N3S/c1-10(2)7-15-8-12-9-17(4)16-14(12)13-6-5-11(3)18-13/h5-6,9-10,15H,7-8H2,1-4H3. The highest BCUT2D eigenvalue weighted by Gasteiger charge is 2.11. The van der Waals surface area contributed by atoms with Crippen LogP contribution in [0.3, 0.4) is 0 Å². The normalized spacial score (nSPS) is 11.4. The van der Waals surface area contributed by atoms with Gasteiger partial charge in [-0.05, 0) is 31.5 Å². The van der Waals surface area contributed by atoms with Crippen molar-refractivity contribution in [3.8, 4) is 10.6 Å². The van der Waals surface area contributed by atoms with Gasteiger partial charge in [0.25, 0.3) is 0 Å². The van der Waals surface area contributed by atoms with Crippen molar-refractivity contribution in [3.63, 3.8) is 0 Å². The van der Waals surface area contributed by atoms with Gasteiger partial charge in [0.2, 0.25) is 0 Å². The summed E-state index contributed by atoms with van der Waals surface area (Å²) in [5, 5.41) is 8.06. The molecule has 98 valence electrons. The monoisotopic (exact) mass is 263 g/mol. The molecule has 0 spiro atoms. The average molecular weight is 263 g/mol. The largest absolute Gasteiger partial charge is 0.312 e. The van der Waals surface area contributed by atoms with Gasteiger partial charge in [-0.1, -0.05) is 13.8 Å². The molecule has 0 atom stereocenters. The number of aryl methyl sites for hydroxylation is 2. The first-order valence-electron chi connectivity index (χ1n) is 6.36. The summed E-state index contributed by atoms with van der Waals surface area (Å²) in [6.07, 6.45) is 2.11. The molecule has 0 aliphatic rings. The Balaban J connectivity index is 2.15. The van der Waals surface area contributed by atoms with E-state index in [9.17, 15) is 0 Å². The quantitative estimate of drug-likeness (QED) is 0.897. The van der Waals surface area contributed by atoms with Crippen LogP contribution < -0.4 is 5.32 Å². The molecule has 0 amide bonds. The van der Waals surface area contributed by atoms with Gasteiger partial charge in [0.15, 0.2) is 0 Å². The second-order valence-corrected chi connectivity index (χ2v) is 6.40. The first kappa shape index (κ1) is 13.3. The van der Waals surface area contributed by atoms with Gasteiger partial charge in [0, 0.05) is 30.2 Å². The van der Waals surface area contributed by atoms with Gasteiger partial charge in [-0.15, -0.1) is 11.3 Å². The molecular weight excluding hydrogens is 242 g/mol. The summed E-state index contributed by atoms with van der Waals surface area (Å²) >= 11 is 1.80. The molecule has 1 N–H and O–H groups in total. The molecule has 0 aliphatic carbocycles. The third-order valence-electron chi connectivity index (χ3n) is 2.75. The fourth-order valence-electron chi connectivity index (χ4n) is 1.93. The fourth-order valence-corrected chi connectivity index (χ4v) is 2.82. The zero-order valence-corrected chi connectivity index (χ0v) is 12.3. The second-order valence-electron chi connectivity index (χ2n) is 5.11. The molecular formula is C14H21N3S. The number of nitrogens with zero attached hydrogens (tertiary/aromatic N) is 2. The maximum absolute atomic E-state index is 4.58. The lowest BCUT2D eigenvalue weighted by molar-refractivity contribution is 0.552. The number of aromatic nitrogens is 2. The molecule has 0 radical (unpaired) electrons. The lowest BCUT2D eigenvalue weighted by Crippen LogP contribution is -2.19. The average Bonchev–Trinajstić information content (AvgIpc) is 2.84.